The van der Waals surface area contributed by atoms with Gasteiger partial charge < -0.3 is 9.32 Å². The summed E-state index contributed by atoms with van der Waals surface area (Å²) in [4.78, 5) is 14.4. The van der Waals surface area contributed by atoms with Gasteiger partial charge in [-0.2, -0.15) is 13.2 Å². The summed E-state index contributed by atoms with van der Waals surface area (Å²) in [5, 5.41) is 8.05. The highest BCUT2D eigenvalue weighted by atomic mass is 35.5. The third kappa shape index (κ3) is 3.85. The van der Waals surface area contributed by atoms with Gasteiger partial charge in [0, 0.05) is 12.1 Å². The van der Waals surface area contributed by atoms with E-state index in [0.717, 1.165) is 23.8 Å². The van der Waals surface area contributed by atoms with E-state index in [9.17, 15) is 18.0 Å². The van der Waals surface area contributed by atoms with Gasteiger partial charge in [0.25, 0.3) is 5.91 Å². The third-order valence-corrected chi connectivity index (χ3v) is 5.11. The zero-order valence-corrected chi connectivity index (χ0v) is 15.7. The molecule has 2 heterocycles. The number of benzene rings is 2. The van der Waals surface area contributed by atoms with E-state index in [1.807, 2.05) is 30.3 Å². The number of likely N-dealkylation sites (tertiary alicyclic amines) is 1. The fourth-order valence-corrected chi connectivity index (χ4v) is 3.55. The molecule has 4 rings (SSSR count). The van der Waals surface area contributed by atoms with Crippen LogP contribution in [-0.4, -0.2) is 27.5 Å². The fraction of sp³-hybridized carbons (Fsp3) is 0.250. The molecule has 0 radical (unpaired) electrons. The van der Waals surface area contributed by atoms with Crippen molar-refractivity contribution in [1.29, 1.82) is 0 Å². The molecule has 1 aliphatic heterocycles. The summed E-state index contributed by atoms with van der Waals surface area (Å²) in [6.07, 6.45) is -3.34. The lowest BCUT2D eigenvalue weighted by atomic mass is 10.1. The van der Waals surface area contributed by atoms with Crippen molar-refractivity contribution in [3.63, 3.8) is 0 Å². The van der Waals surface area contributed by atoms with Crippen molar-refractivity contribution in [2.45, 2.75) is 25.1 Å². The highest BCUT2D eigenvalue weighted by molar-refractivity contribution is 6.33. The van der Waals surface area contributed by atoms with E-state index in [0.29, 0.717) is 25.3 Å². The third-order valence-electron chi connectivity index (χ3n) is 4.78. The highest BCUT2D eigenvalue weighted by Crippen LogP contribution is 2.36. The van der Waals surface area contributed by atoms with Crippen LogP contribution in [0.25, 0.3) is 11.5 Å². The number of amides is 1. The van der Waals surface area contributed by atoms with Crippen LogP contribution < -0.4 is 0 Å². The first-order valence-corrected chi connectivity index (χ1v) is 9.29. The number of alkyl halides is 3. The van der Waals surface area contributed by atoms with E-state index < -0.39 is 23.7 Å². The largest absolute Gasteiger partial charge is 0.418 e. The molecule has 0 saturated carbocycles. The average molecular weight is 422 g/mol. The van der Waals surface area contributed by atoms with Crippen LogP contribution in [0.4, 0.5) is 13.2 Å². The van der Waals surface area contributed by atoms with Crippen LogP contribution in [0.5, 0.6) is 0 Å². The van der Waals surface area contributed by atoms with Gasteiger partial charge in [-0.05, 0) is 43.2 Å². The number of hydrogen-bond acceptors (Lipinski definition) is 4. The molecule has 1 aromatic heterocycles. The summed E-state index contributed by atoms with van der Waals surface area (Å²) in [6, 6.07) is 11.4. The molecule has 0 spiro atoms. The standard InChI is InChI=1S/C20H15ClF3N3O2/c21-15-9-8-13(20(22,23)24)11-14(15)19(28)27-10-4-7-16(27)18-26-25-17(29-18)12-5-2-1-3-6-12/h1-3,5-6,8-9,11,16H,4,7,10H2. The first-order valence-electron chi connectivity index (χ1n) is 8.91. The quantitative estimate of drug-likeness (QED) is 0.569. The first kappa shape index (κ1) is 19.4. The molecular weight excluding hydrogens is 407 g/mol. The molecule has 5 nitrogen and oxygen atoms in total. The minimum absolute atomic E-state index is 0.0378. The Bertz CT molecular complexity index is 1040. The van der Waals surface area contributed by atoms with Gasteiger partial charge in [0.2, 0.25) is 11.8 Å². The Labute approximate surface area is 169 Å². The van der Waals surface area contributed by atoms with E-state index in [4.69, 9.17) is 16.0 Å². The molecule has 3 aromatic rings. The number of nitrogens with zero attached hydrogens (tertiary/aromatic N) is 3. The number of carbonyl (C=O) groups is 1. The smallest absolute Gasteiger partial charge is 0.416 e. The number of halogens is 4. The van der Waals surface area contributed by atoms with Crippen LogP contribution in [0.3, 0.4) is 0 Å². The fourth-order valence-electron chi connectivity index (χ4n) is 3.35. The molecule has 0 bridgehead atoms. The normalized spacial score (nSPS) is 17.0. The second-order valence-corrected chi connectivity index (χ2v) is 7.07. The van der Waals surface area contributed by atoms with Gasteiger partial charge >= 0.3 is 6.18 Å². The Kier molecular flexibility index (Phi) is 5.04. The number of aromatic nitrogens is 2. The van der Waals surface area contributed by atoms with Gasteiger partial charge in [-0.1, -0.05) is 29.8 Å². The Morgan fingerprint density at radius 2 is 1.90 bits per heavy atom. The molecule has 1 amide bonds. The Hall–Kier alpha value is -2.87. The SMILES string of the molecule is O=C(c1cc(C(F)(F)F)ccc1Cl)N1CCCC1c1nnc(-c2ccccc2)o1. The van der Waals surface area contributed by atoms with Crippen LogP contribution >= 0.6 is 11.6 Å². The summed E-state index contributed by atoms with van der Waals surface area (Å²) in [5.41, 5.74) is -0.385. The maximum atomic E-state index is 13.0. The van der Waals surface area contributed by atoms with Gasteiger partial charge in [0.1, 0.15) is 6.04 Å². The summed E-state index contributed by atoms with van der Waals surface area (Å²) in [7, 11) is 0. The predicted molar refractivity (Wildman–Crippen MR) is 99.2 cm³/mol. The maximum absolute atomic E-state index is 13.0. The molecular formula is C20H15ClF3N3O2. The van der Waals surface area contributed by atoms with Crippen molar-refractivity contribution in [1.82, 2.24) is 15.1 Å². The van der Waals surface area contributed by atoms with Gasteiger partial charge in [-0.3, -0.25) is 4.79 Å². The maximum Gasteiger partial charge on any atom is 0.416 e. The molecule has 150 valence electrons. The molecule has 1 unspecified atom stereocenters. The topological polar surface area (TPSA) is 59.2 Å². The Balaban J connectivity index is 1.63. The summed E-state index contributed by atoms with van der Waals surface area (Å²) >= 11 is 6.03. The van der Waals surface area contributed by atoms with E-state index in [1.54, 1.807) is 0 Å². The average Bonchev–Trinajstić information content (AvgIpc) is 3.37. The van der Waals surface area contributed by atoms with E-state index in [1.165, 1.54) is 4.90 Å². The molecule has 2 aromatic carbocycles. The first-order chi connectivity index (χ1) is 13.8. The molecule has 29 heavy (non-hydrogen) atoms. The summed E-state index contributed by atoms with van der Waals surface area (Å²) in [6.45, 7) is 0.360. The van der Waals surface area contributed by atoms with Crippen molar-refractivity contribution >= 4 is 17.5 Å². The predicted octanol–water partition coefficient (Wildman–Crippen LogP) is 5.39. The number of carbonyl (C=O) groups excluding carboxylic acids is 1. The van der Waals surface area contributed by atoms with Crippen molar-refractivity contribution in [3.8, 4) is 11.5 Å². The van der Waals surface area contributed by atoms with E-state index in [-0.39, 0.29) is 16.5 Å². The minimum Gasteiger partial charge on any atom is -0.418 e. The van der Waals surface area contributed by atoms with Crippen molar-refractivity contribution in [2.24, 2.45) is 0 Å². The highest BCUT2D eigenvalue weighted by Gasteiger charge is 2.37. The Morgan fingerprint density at radius 3 is 2.62 bits per heavy atom. The molecule has 1 aliphatic rings. The zero-order valence-electron chi connectivity index (χ0n) is 15.0. The molecule has 0 N–H and O–H groups in total. The van der Waals surface area contributed by atoms with Gasteiger partial charge in [-0.15, -0.1) is 10.2 Å². The van der Waals surface area contributed by atoms with Gasteiger partial charge in [0.15, 0.2) is 0 Å². The lowest BCUT2D eigenvalue weighted by Crippen LogP contribution is -2.31. The van der Waals surface area contributed by atoms with Gasteiger partial charge in [0.05, 0.1) is 16.1 Å². The van der Waals surface area contributed by atoms with Crippen LogP contribution in [-0.2, 0) is 6.18 Å². The number of hydrogen-bond donors (Lipinski definition) is 0. The molecule has 0 aliphatic carbocycles. The monoisotopic (exact) mass is 421 g/mol. The van der Waals surface area contributed by atoms with Gasteiger partial charge in [-0.25, -0.2) is 0 Å². The van der Waals surface area contributed by atoms with Crippen LogP contribution in [0, 0.1) is 0 Å². The van der Waals surface area contributed by atoms with Crippen LogP contribution in [0.1, 0.15) is 40.7 Å². The van der Waals surface area contributed by atoms with Crippen LogP contribution in [0.2, 0.25) is 5.02 Å². The molecule has 1 fully saturated rings. The molecule has 1 saturated heterocycles. The van der Waals surface area contributed by atoms with E-state index >= 15 is 0 Å². The summed E-state index contributed by atoms with van der Waals surface area (Å²) < 4.78 is 44.9. The van der Waals surface area contributed by atoms with E-state index in [2.05, 4.69) is 10.2 Å². The second kappa shape index (κ2) is 7.51. The van der Waals surface area contributed by atoms with Crippen molar-refractivity contribution in [2.75, 3.05) is 6.54 Å². The second-order valence-electron chi connectivity index (χ2n) is 6.66. The van der Waals surface area contributed by atoms with Crippen LogP contribution in [0.15, 0.2) is 52.9 Å². The lowest BCUT2D eigenvalue weighted by molar-refractivity contribution is -0.137. The Morgan fingerprint density at radius 1 is 1.14 bits per heavy atom. The minimum atomic E-state index is -4.57. The zero-order chi connectivity index (χ0) is 20.6. The summed E-state index contributed by atoms with van der Waals surface area (Å²) in [5.74, 6) is -0.0298. The lowest BCUT2D eigenvalue weighted by Gasteiger charge is -2.23. The number of rotatable bonds is 3. The van der Waals surface area contributed by atoms with Crippen molar-refractivity contribution < 1.29 is 22.4 Å². The molecule has 1 atom stereocenters. The molecule has 9 heteroatoms. The van der Waals surface area contributed by atoms with Crippen molar-refractivity contribution in [3.05, 3.63) is 70.6 Å².